The number of rotatable bonds is 2. The molecule has 2 aromatic carbocycles. The molecule has 0 aliphatic carbocycles. The van der Waals surface area contributed by atoms with E-state index in [9.17, 15) is 9.18 Å². The fourth-order valence-electron chi connectivity index (χ4n) is 2.18. The number of amides is 1. The summed E-state index contributed by atoms with van der Waals surface area (Å²) < 4.78 is 14.0. The standard InChI is InChI=1S/C15H11BrFNOS/c16-11-3-7-13(8-4-11)18-14(19)9-20-15(18)10-1-5-12(17)6-2-10/h1-8,15H,9H2/t15-/m0/s1. The number of benzene rings is 2. The van der Waals surface area contributed by atoms with Crippen molar-refractivity contribution in [3.8, 4) is 0 Å². The zero-order valence-electron chi connectivity index (χ0n) is 10.4. The first kappa shape index (κ1) is 13.6. The molecule has 0 unspecified atom stereocenters. The van der Waals surface area contributed by atoms with E-state index in [-0.39, 0.29) is 17.1 Å². The molecule has 5 heteroatoms. The Morgan fingerprint density at radius 3 is 2.40 bits per heavy atom. The predicted octanol–water partition coefficient (Wildman–Crippen LogP) is 4.37. The smallest absolute Gasteiger partial charge is 0.238 e. The van der Waals surface area contributed by atoms with Gasteiger partial charge in [0.2, 0.25) is 5.91 Å². The molecule has 20 heavy (non-hydrogen) atoms. The molecule has 0 spiro atoms. The van der Waals surface area contributed by atoms with Gasteiger partial charge in [-0.25, -0.2) is 4.39 Å². The van der Waals surface area contributed by atoms with Gasteiger partial charge in [-0.05, 0) is 42.0 Å². The van der Waals surface area contributed by atoms with Gasteiger partial charge in [-0.15, -0.1) is 11.8 Å². The van der Waals surface area contributed by atoms with E-state index < -0.39 is 0 Å². The summed E-state index contributed by atoms with van der Waals surface area (Å²) in [4.78, 5) is 13.9. The molecule has 1 fully saturated rings. The first-order valence-corrected chi connectivity index (χ1v) is 7.94. The summed E-state index contributed by atoms with van der Waals surface area (Å²) in [5, 5.41) is -0.0933. The van der Waals surface area contributed by atoms with Gasteiger partial charge in [0, 0.05) is 10.2 Å². The second-order valence-electron chi connectivity index (χ2n) is 4.46. The van der Waals surface area contributed by atoms with Gasteiger partial charge in [-0.2, -0.15) is 0 Å². The fraction of sp³-hybridized carbons (Fsp3) is 0.133. The lowest BCUT2D eigenvalue weighted by Gasteiger charge is -2.24. The van der Waals surface area contributed by atoms with Crippen LogP contribution >= 0.6 is 27.7 Å². The highest BCUT2D eigenvalue weighted by molar-refractivity contribution is 9.10. The normalized spacial score (nSPS) is 18.6. The summed E-state index contributed by atoms with van der Waals surface area (Å²) >= 11 is 4.95. The Labute approximate surface area is 129 Å². The summed E-state index contributed by atoms with van der Waals surface area (Å²) in [6, 6.07) is 14.0. The van der Waals surface area contributed by atoms with Gasteiger partial charge in [-0.3, -0.25) is 9.69 Å². The minimum absolute atomic E-state index is 0.0756. The van der Waals surface area contributed by atoms with Crippen LogP contribution in [-0.2, 0) is 4.79 Å². The lowest BCUT2D eigenvalue weighted by molar-refractivity contribution is -0.115. The molecule has 0 bridgehead atoms. The van der Waals surface area contributed by atoms with Crippen molar-refractivity contribution in [3.05, 3.63) is 64.4 Å². The third-order valence-corrected chi connectivity index (χ3v) is 4.87. The van der Waals surface area contributed by atoms with E-state index in [1.807, 2.05) is 24.3 Å². The largest absolute Gasteiger partial charge is 0.295 e. The van der Waals surface area contributed by atoms with Gasteiger partial charge in [0.15, 0.2) is 0 Å². The van der Waals surface area contributed by atoms with Crippen LogP contribution in [0, 0.1) is 5.82 Å². The number of hydrogen-bond donors (Lipinski definition) is 0. The summed E-state index contributed by atoms with van der Waals surface area (Å²) in [7, 11) is 0. The Kier molecular flexibility index (Phi) is 3.81. The van der Waals surface area contributed by atoms with Gasteiger partial charge in [0.1, 0.15) is 11.2 Å². The highest BCUT2D eigenvalue weighted by Gasteiger charge is 2.33. The Morgan fingerprint density at radius 1 is 1.10 bits per heavy atom. The molecular weight excluding hydrogens is 341 g/mol. The van der Waals surface area contributed by atoms with E-state index in [0.717, 1.165) is 15.7 Å². The highest BCUT2D eigenvalue weighted by Crippen LogP contribution is 2.41. The summed E-state index contributed by atoms with van der Waals surface area (Å²) in [6.45, 7) is 0. The number of carbonyl (C=O) groups excluding carboxylic acids is 1. The zero-order chi connectivity index (χ0) is 14.1. The SMILES string of the molecule is O=C1CS[C@@H](c2ccc(F)cc2)N1c1ccc(Br)cc1. The van der Waals surface area contributed by atoms with E-state index >= 15 is 0 Å². The second-order valence-corrected chi connectivity index (χ2v) is 6.44. The molecule has 1 aliphatic rings. The van der Waals surface area contributed by atoms with Crippen LogP contribution in [0.5, 0.6) is 0 Å². The number of carbonyl (C=O) groups is 1. The summed E-state index contributed by atoms with van der Waals surface area (Å²) in [5.74, 6) is 0.253. The quantitative estimate of drug-likeness (QED) is 0.800. The molecule has 1 heterocycles. The van der Waals surface area contributed by atoms with E-state index in [1.165, 1.54) is 12.1 Å². The lowest BCUT2D eigenvalue weighted by atomic mass is 10.2. The summed E-state index contributed by atoms with van der Waals surface area (Å²) in [5.41, 5.74) is 1.79. The van der Waals surface area contributed by atoms with Crippen LogP contribution in [0.2, 0.25) is 0 Å². The Balaban J connectivity index is 1.96. The van der Waals surface area contributed by atoms with E-state index in [4.69, 9.17) is 0 Å². The molecule has 1 amide bonds. The Bertz CT molecular complexity index is 629. The van der Waals surface area contributed by atoms with Crippen molar-refractivity contribution in [3.63, 3.8) is 0 Å². The molecule has 1 saturated heterocycles. The first-order valence-electron chi connectivity index (χ1n) is 6.10. The van der Waals surface area contributed by atoms with Crippen LogP contribution in [-0.4, -0.2) is 11.7 Å². The molecular formula is C15H11BrFNOS. The monoisotopic (exact) mass is 351 g/mol. The number of anilines is 1. The zero-order valence-corrected chi connectivity index (χ0v) is 12.8. The van der Waals surface area contributed by atoms with E-state index in [0.29, 0.717) is 5.75 Å². The number of halogens is 2. The number of nitrogens with zero attached hydrogens (tertiary/aromatic N) is 1. The molecule has 0 radical (unpaired) electrons. The van der Waals surface area contributed by atoms with Gasteiger partial charge < -0.3 is 0 Å². The van der Waals surface area contributed by atoms with Crippen molar-refractivity contribution < 1.29 is 9.18 Å². The third-order valence-electron chi connectivity index (χ3n) is 3.13. The van der Waals surface area contributed by atoms with E-state index in [1.54, 1.807) is 28.8 Å². The second kappa shape index (κ2) is 5.58. The molecule has 0 saturated carbocycles. The first-order chi connectivity index (χ1) is 9.65. The van der Waals surface area contributed by atoms with Crippen molar-refractivity contribution >= 4 is 39.3 Å². The minimum atomic E-state index is -0.265. The topological polar surface area (TPSA) is 20.3 Å². The molecule has 1 atom stereocenters. The Hall–Kier alpha value is -1.33. The van der Waals surface area contributed by atoms with Crippen LogP contribution in [0.4, 0.5) is 10.1 Å². The van der Waals surface area contributed by atoms with Crippen molar-refractivity contribution in [2.24, 2.45) is 0 Å². The molecule has 0 N–H and O–H groups in total. The third kappa shape index (κ3) is 2.60. The van der Waals surface area contributed by atoms with Crippen LogP contribution in [0.3, 0.4) is 0 Å². The number of thioether (sulfide) groups is 1. The Morgan fingerprint density at radius 2 is 1.75 bits per heavy atom. The highest BCUT2D eigenvalue weighted by atomic mass is 79.9. The van der Waals surface area contributed by atoms with E-state index in [2.05, 4.69) is 15.9 Å². The molecule has 2 aromatic rings. The van der Waals surface area contributed by atoms with Crippen molar-refractivity contribution in [1.82, 2.24) is 0 Å². The average molecular weight is 352 g/mol. The fourth-order valence-corrected chi connectivity index (χ4v) is 3.62. The van der Waals surface area contributed by atoms with Gasteiger partial charge in [0.25, 0.3) is 0 Å². The van der Waals surface area contributed by atoms with Crippen LogP contribution in [0.1, 0.15) is 10.9 Å². The van der Waals surface area contributed by atoms with Gasteiger partial charge in [-0.1, -0.05) is 28.1 Å². The molecule has 0 aromatic heterocycles. The lowest BCUT2D eigenvalue weighted by Crippen LogP contribution is -2.27. The maximum absolute atomic E-state index is 13.0. The summed E-state index contributed by atoms with van der Waals surface area (Å²) in [6.07, 6.45) is 0. The predicted molar refractivity (Wildman–Crippen MR) is 83.2 cm³/mol. The average Bonchev–Trinajstić information content (AvgIpc) is 2.83. The van der Waals surface area contributed by atoms with Gasteiger partial charge >= 0.3 is 0 Å². The maximum Gasteiger partial charge on any atom is 0.238 e. The minimum Gasteiger partial charge on any atom is -0.295 e. The molecule has 3 rings (SSSR count). The van der Waals surface area contributed by atoms with Crippen molar-refractivity contribution in [2.45, 2.75) is 5.37 Å². The van der Waals surface area contributed by atoms with Gasteiger partial charge in [0.05, 0.1) is 5.75 Å². The van der Waals surface area contributed by atoms with Crippen LogP contribution in [0.25, 0.3) is 0 Å². The molecule has 1 aliphatic heterocycles. The van der Waals surface area contributed by atoms with Crippen molar-refractivity contribution in [1.29, 1.82) is 0 Å². The van der Waals surface area contributed by atoms with Crippen LogP contribution < -0.4 is 4.90 Å². The molecule has 102 valence electrons. The van der Waals surface area contributed by atoms with Crippen molar-refractivity contribution in [2.75, 3.05) is 10.7 Å². The maximum atomic E-state index is 13.0. The molecule has 2 nitrogen and oxygen atoms in total. The van der Waals surface area contributed by atoms with Crippen LogP contribution in [0.15, 0.2) is 53.0 Å². The number of hydrogen-bond acceptors (Lipinski definition) is 2.